The largest absolute Gasteiger partial charge is 0.356 e. The van der Waals surface area contributed by atoms with Crippen molar-refractivity contribution in [3.8, 4) is 0 Å². The molecule has 5 heteroatoms. The zero-order valence-electron chi connectivity index (χ0n) is 14.7. The average molecular weight is 418 g/mol. The van der Waals surface area contributed by atoms with E-state index >= 15 is 0 Å². The van der Waals surface area contributed by atoms with Gasteiger partial charge in [0.15, 0.2) is 5.96 Å². The second kappa shape index (κ2) is 10.0. The second-order valence-corrected chi connectivity index (χ2v) is 6.33. The number of halogens is 1. The summed E-state index contributed by atoms with van der Waals surface area (Å²) in [5.74, 6) is 1.30. The summed E-state index contributed by atoms with van der Waals surface area (Å²) in [5.41, 5.74) is 1.43. The molecule has 4 nitrogen and oxygen atoms in total. The van der Waals surface area contributed by atoms with E-state index in [1.54, 1.807) is 0 Å². The topological polar surface area (TPSA) is 39.7 Å². The minimum atomic E-state index is 0. The van der Waals surface area contributed by atoms with Crippen molar-refractivity contribution < 1.29 is 0 Å². The van der Waals surface area contributed by atoms with Gasteiger partial charge in [0.1, 0.15) is 0 Å². The van der Waals surface area contributed by atoms with Crippen LogP contribution in [0, 0.1) is 0 Å². The van der Waals surface area contributed by atoms with Crippen molar-refractivity contribution >= 4 is 29.9 Å². The number of benzene rings is 1. The Hall–Kier alpha value is -0.820. The van der Waals surface area contributed by atoms with E-state index in [1.165, 1.54) is 5.56 Å². The number of likely N-dealkylation sites (N-methyl/N-ethyl adjacent to an activating group) is 1. The molecule has 0 aliphatic carbocycles. The van der Waals surface area contributed by atoms with Crippen molar-refractivity contribution in [2.45, 2.75) is 32.2 Å². The second-order valence-electron chi connectivity index (χ2n) is 6.33. The Morgan fingerprint density at radius 2 is 1.77 bits per heavy atom. The molecule has 22 heavy (non-hydrogen) atoms. The minimum Gasteiger partial charge on any atom is -0.356 e. The number of nitrogens with one attached hydrogen (secondary N) is 2. The number of rotatable bonds is 6. The summed E-state index contributed by atoms with van der Waals surface area (Å²) in [5, 5.41) is 6.79. The standard InChI is InChI=1S/C17H30N4.HI/c1-14(15-10-8-7-9-11-15)12-19-16(18-4)20-13-17(2,3)21(5)6;/h7-11,14H,12-13H2,1-6H3,(H2,18,19,20);1H. The summed E-state index contributed by atoms with van der Waals surface area (Å²) in [7, 11) is 6.00. The van der Waals surface area contributed by atoms with Gasteiger partial charge in [0.25, 0.3) is 0 Å². The molecule has 0 aromatic heterocycles. The van der Waals surface area contributed by atoms with E-state index in [2.05, 4.69) is 79.7 Å². The quantitative estimate of drug-likeness (QED) is 0.424. The summed E-state index contributed by atoms with van der Waals surface area (Å²) < 4.78 is 0. The number of hydrogen-bond donors (Lipinski definition) is 2. The monoisotopic (exact) mass is 418 g/mol. The van der Waals surface area contributed by atoms with Crippen LogP contribution >= 0.6 is 24.0 Å². The van der Waals surface area contributed by atoms with Gasteiger partial charge in [0.05, 0.1) is 0 Å². The fraction of sp³-hybridized carbons (Fsp3) is 0.588. The fourth-order valence-corrected chi connectivity index (χ4v) is 1.83. The number of hydrogen-bond acceptors (Lipinski definition) is 2. The van der Waals surface area contributed by atoms with E-state index in [9.17, 15) is 0 Å². The maximum absolute atomic E-state index is 4.29. The van der Waals surface area contributed by atoms with Gasteiger partial charge in [-0.3, -0.25) is 4.99 Å². The van der Waals surface area contributed by atoms with Crippen molar-refractivity contribution in [1.82, 2.24) is 15.5 Å². The lowest BCUT2D eigenvalue weighted by molar-refractivity contribution is 0.197. The lowest BCUT2D eigenvalue weighted by Gasteiger charge is -2.33. The van der Waals surface area contributed by atoms with Gasteiger partial charge < -0.3 is 15.5 Å². The maximum Gasteiger partial charge on any atom is 0.191 e. The van der Waals surface area contributed by atoms with E-state index < -0.39 is 0 Å². The molecule has 0 saturated carbocycles. The van der Waals surface area contributed by atoms with Crippen molar-refractivity contribution in [2.75, 3.05) is 34.2 Å². The minimum absolute atomic E-state index is 0. The Morgan fingerprint density at radius 1 is 1.18 bits per heavy atom. The highest BCUT2D eigenvalue weighted by atomic mass is 127. The van der Waals surface area contributed by atoms with Crippen molar-refractivity contribution in [3.05, 3.63) is 35.9 Å². The van der Waals surface area contributed by atoms with E-state index in [0.717, 1.165) is 19.0 Å². The Balaban J connectivity index is 0.00000441. The molecule has 0 bridgehead atoms. The van der Waals surface area contributed by atoms with E-state index in [4.69, 9.17) is 0 Å². The molecule has 1 unspecified atom stereocenters. The highest BCUT2D eigenvalue weighted by molar-refractivity contribution is 14.0. The van der Waals surface area contributed by atoms with Crippen LogP contribution in [-0.4, -0.2) is 50.6 Å². The maximum atomic E-state index is 4.29. The highest BCUT2D eigenvalue weighted by Gasteiger charge is 2.20. The zero-order valence-corrected chi connectivity index (χ0v) is 17.0. The van der Waals surface area contributed by atoms with Gasteiger partial charge in [-0.05, 0) is 39.4 Å². The van der Waals surface area contributed by atoms with Crippen LogP contribution in [0.25, 0.3) is 0 Å². The molecule has 0 aliphatic rings. The van der Waals surface area contributed by atoms with Crippen molar-refractivity contribution in [2.24, 2.45) is 4.99 Å². The molecular weight excluding hydrogens is 387 g/mol. The zero-order chi connectivity index (χ0) is 15.9. The number of guanidine groups is 1. The molecule has 0 amide bonds. The molecule has 126 valence electrons. The molecule has 1 atom stereocenters. The van der Waals surface area contributed by atoms with Gasteiger partial charge in [-0.1, -0.05) is 37.3 Å². The third kappa shape index (κ3) is 6.96. The molecule has 1 aromatic rings. The van der Waals surface area contributed by atoms with Gasteiger partial charge in [-0.25, -0.2) is 0 Å². The molecule has 0 radical (unpaired) electrons. The molecule has 0 aliphatic heterocycles. The summed E-state index contributed by atoms with van der Waals surface area (Å²) in [6.45, 7) is 8.35. The lowest BCUT2D eigenvalue weighted by atomic mass is 10.0. The number of nitrogens with zero attached hydrogens (tertiary/aromatic N) is 2. The average Bonchev–Trinajstić information content (AvgIpc) is 2.47. The van der Waals surface area contributed by atoms with E-state index in [0.29, 0.717) is 5.92 Å². The molecule has 0 spiro atoms. The Morgan fingerprint density at radius 3 is 2.27 bits per heavy atom. The van der Waals surface area contributed by atoms with Gasteiger partial charge in [-0.2, -0.15) is 0 Å². The summed E-state index contributed by atoms with van der Waals surface area (Å²) in [6.07, 6.45) is 0. The molecule has 1 rings (SSSR count). The first-order valence-corrected chi connectivity index (χ1v) is 7.53. The predicted molar refractivity (Wildman–Crippen MR) is 107 cm³/mol. The smallest absolute Gasteiger partial charge is 0.191 e. The Labute approximate surface area is 152 Å². The Kier molecular flexibility index (Phi) is 9.67. The summed E-state index contributed by atoms with van der Waals surface area (Å²) in [4.78, 5) is 6.50. The van der Waals surface area contributed by atoms with Crippen LogP contribution < -0.4 is 10.6 Å². The fourth-order valence-electron chi connectivity index (χ4n) is 1.83. The molecule has 1 aromatic carbocycles. The molecule has 0 fully saturated rings. The predicted octanol–water partition coefficient (Wildman–Crippen LogP) is 2.91. The van der Waals surface area contributed by atoms with Gasteiger partial charge >= 0.3 is 0 Å². The third-order valence-electron chi connectivity index (χ3n) is 4.07. The SMILES string of the molecule is CN=C(NCC(C)c1ccccc1)NCC(C)(C)N(C)C.I. The summed E-state index contributed by atoms with van der Waals surface area (Å²) >= 11 is 0. The van der Waals surface area contributed by atoms with Crippen molar-refractivity contribution in [1.29, 1.82) is 0 Å². The van der Waals surface area contributed by atoms with Gasteiger partial charge in [0, 0.05) is 25.7 Å². The molecule has 0 saturated heterocycles. The third-order valence-corrected chi connectivity index (χ3v) is 4.07. The van der Waals surface area contributed by atoms with Crippen LogP contribution in [0.4, 0.5) is 0 Å². The lowest BCUT2D eigenvalue weighted by Crippen LogP contribution is -2.51. The van der Waals surface area contributed by atoms with Crippen LogP contribution in [0.2, 0.25) is 0 Å². The van der Waals surface area contributed by atoms with Gasteiger partial charge in [-0.15, -0.1) is 24.0 Å². The van der Waals surface area contributed by atoms with Gasteiger partial charge in [0.2, 0.25) is 0 Å². The van der Waals surface area contributed by atoms with E-state index in [1.807, 2.05) is 13.1 Å². The van der Waals surface area contributed by atoms with Crippen LogP contribution in [0.5, 0.6) is 0 Å². The molecule has 0 heterocycles. The normalized spacial score (nSPS) is 13.5. The molecule has 2 N–H and O–H groups in total. The number of aliphatic imine (C=N–C) groups is 1. The van der Waals surface area contributed by atoms with Crippen LogP contribution in [0.3, 0.4) is 0 Å². The van der Waals surface area contributed by atoms with Crippen molar-refractivity contribution in [3.63, 3.8) is 0 Å². The summed E-state index contributed by atoms with van der Waals surface area (Å²) in [6, 6.07) is 10.5. The Bertz CT molecular complexity index is 443. The van der Waals surface area contributed by atoms with Crippen LogP contribution in [0.1, 0.15) is 32.3 Å². The van der Waals surface area contributed by atoms with Crippen LogP contribution in [-0.2, 0) is 0 Å². The first-order valence-electron chi connectivity index (χ1n) is 7.53. The molecular formula is C17H31IN4. The van der Waals surface area contributed by atoms with E-state index in [-0.39, 0.29) is 29.5 Å². The first-order chi connectivity index (χ1) is 9.86. The van der Waals surface area contributed by atoms with Crippen LogP contribution in [0.15, 0.2) is 35.3 Å². The highest BCUT2D eigenvalue weighted by Crippen LogP contribution is 2.13. The first kappa shape index (κ1) is 21.2.